The number of carbonyl (C=O) groups excluding carboxylic acids is 1. The van der Waals surface area contributed by atoms with E-state index in [1.54, 1.807) is 74.5 Å². The summed E-state index contributed by atoms with van der Waals surface area (Å²) in [6, 6.07) is 6.87. The van der Waals surface area contributed by atoms with Crippen LogP contribution in [-0.2, 0) is 30.2 Å². The molecule has 43 heavy (non-hydrogen) atoms. The summed E-state index contributed by atoms with van der Waals surface area (Å²) in [5, 5.41) is 11.1. The van der Waals surface area contributed by atoms with Gasteiger partial charge in [0.1, 0.15) is 23.4 Å². The molecule has 0 bridgehead atoms. The summed E-state index contributed by atoms with van der Waals surface area (Å²) in [6.07, 6.45) is 3.56. The van der Waals surface area contributed by atoms with E-state index in [1.807, 2.05) is 6.92 Å². The van der Waals surface area contributed by atoms with Crippen molar-refractivity contribution in [1.82, 2.24) is 23.7 Å². The van der Waals surface area contributed by atoms with Crippen molar-refractivity contribution in [2.45, 2.75) is 58.8 Å². The van der Waals surface area contributed by atoms with Crippen molar-refractivity contribution in [3.63, 3.8) is 0 Å². The maximum Gasteiger partial charge on any atom is 0.420 e. The van der Waals surface area contributed by atoms with Gasteiger partial charge >= 0.3 is 17.6 Å². The van der Waals surface area contributed by atoms with Crippen LogP contribution in [0.3, 0.4) is 0 Å². The smallest absolute Gasteiger partial charge is 0.420 e. The Kier molecular flexibility index (Phi) is 7.97. The molecule has 3 aromatic heterocycles. The number of fused-ring (bicyclic) bond motifs is 1. The van der Waals surface area contributed by atoms with Gasteiger partial charge in [0.05, 0.1) is 30.0 Å². The molecule has 0 atom stereocenters. The Morgan fingerprint density at radius 1 is 1.12 bits per heavy atom. The first-order chi connectivity index (χ1) is 20.4. The van der Waals surface area contributed by atoms with Crippen molar-refractivity contribution in [3.05, 3.63) is 68.6 Å². The summed E-state index contributed by atoms with van der Waals surface area (Å²) in [4.78, 5) is 47.6. The minimum absolute atomic E-state index is 0.00880. The third kappa shape index (κ3) is 5.95. The zero-order valence-corrected chi connectivity index (χ0v) is 25.1. The normalized spacial score (nSPS) is 14.2. The van der Waals surface area contributed by atoms with Gasteiger partial charge in [0, 0.05) is 32.4 Å². The van der Waals surface area contributed by atoms with E-state index in [9.17, 15) is 19.7 Å². The lowest BCUT2D eigenvalue weighted by Crippen LogP contribution is -2.34. The largest absolute Gasteiger partial charge is 0.483 e. The minimum atomic E-state index is -0.780. The number of carbonyl (C=O) groups is 1. The molecular weight excluding hydrogens is 558 g/mol. The van der Waals surface area contributed by atoms with Crippen LogP contribution in [0.25, 0.3) is 11.0 Å². The summed E-state index contributed by atoms with van der Waals surface area (Å²) in [5.74, 6) is 1.03. The van der Waals surface area contributed by atoms with Gasteiger partial charge in [-0.1, -0.05) is 0 Å². The number of anilines is 2. The molecule has 0 aliphatic carbocycles. The van der Waals surface area contributed by atoms with Crippen molar-refractivity contribution in [2.24, 2.45) is 14.1 Å². The van der Waals surface area contributed by atoms with Gasteiger partial charge in [-0.25, -0.2) is 29.0 Å². The molecule has 1 saturated heterocycles. The van der Waals surface area contributed by atoms with E-state index in [-0.39, 0.29) is 24.2 Å². The highest BCUT2D eigenvalue weighted by molar-refractivity contribution is 5.97. The maximum absolute atomic E-state index is 13.7. The number of nitrogens with zero attached hydrogens (tertiary/aromatic N) is 7. The summed E-state index contributed by atoms with van der Waals surface area (Å²) in [5.41, 5.74) is 1.58. The Hall–Kier alpha value is -4.72. The molecule has 1 aliphatic rings. The van der Waals surface area contributed by atoms with E-state index < -0.39 is 16.6 Å². The number of benzene rings is 1. The number of hydrogen-bond donors (Lipinski definition) is 0. The molecule has 1 amide bonds. The fourth-order valence-corrected chi connectivity index (χ4v) is 5.15. The first kappa shape index (κ1) is 29.8. The van der Waals surface area contributed by atoms with Crippen LogP contribution in [0.15, 0.2) is 41.5 Å². The average molecular weight is 594 g/mol. The molecule has 0 saturated carbocycles. The maximum atomic E-state index is 13.7. The average Bonchev–Trinajstić information content (AvgIpc) is 3.44. The van der Waals surface area contributed by atoms with Gasteiger partial charge in [-0.05, 0) is 69.2 Å². The lowest BCUT2D eigenvalue weighted by molar-refractivity contribution is -0.391. The monoisotopic (exact) mass is 593 g/mol. The molecule has 0 radical (unpaired) electrons. The second-order valence-electron chi connectivity index (χ2n) is 11.5. The number of hydrogen-bond acceptors (Lipinski definition) is 9. The van der Waals surface area contributed by atoms with Gasteiger partial charge in [-0.15, -0.1) is 0 Å². The standard InChI is InChI=1S/C29H35N7O7/c1-18-13-20(42-17-25-31-16-26(33(25)6)36(39)40)7-8-21(18)35(28(38)43-29(2,3)4)24-14-22-23(15-30-24)32(5)27(37)34(22)19-9-11-41-12-10-19/h7-8,13-16,19H,9-12,17H2,1-6H3. The second kappa shape index (κ2) is 11.5. The van der Waals surface area contributed by atoms with Crippen molar-refractivity contribution < 1.29 is 23.9 Å². The van der Waals surface area contributed by atoms with Gasteiger partial charge in [0.15, 0.2) is 6.61 Å². The van der Waals surface area contributed by atoms with Crippen LogP contribution in [-0.4, -0.2) is 53.5 Å². The molecule has 4 aromatic rings. The van der Waals surface area contributed by atoms with Gasteiger partial charge < -0.3 is 24.3 Å². The van der Waals surface area contributed by atoms with E-state index in [0.29, 0.717) is 65.7 Å². The molecule has 0 unspecified atom stereocenters. The SMILES string of the molecule is Cc1cc(OCc2ncc([N+](=O)[O-])n2C)ccc1N(C(=O)OC(C)(C)C)c1cc2c(cn1)n(C)c(=O)n2C1CCOCC1. The highest BCUT2D eigenvalue weighted by atomic mass is 16.6. The third-order valence-electron chi connectivity index (χ3n) is 7.35. The van der Waals surface area contributed by atoms with E-state index in [0.717, 1.165) is 0 Å². The Bertz CT molecular complexity index is 1740. The lowest BCUT2D eigenvalue weighted by Gasteiger charge is -2.28. The molecule has 14 heteroatoms. The summed E-state index contributed by atoms with van der Waals surface area (Å²) < 4.78 is 21.9. The van der Waals surface area contributed by atoms with Crippen LogP contribution in [0.5, 0.6) is 5.75 Å². The van der Waals surface area contributed by atoms with Crippen LogP contribution in [0, 0.1) is 17.0 Å². The van der Waals surface area contributed by atoms with Gasteiger partial charge in [-0.2, -0.15) is 0 Å². The van der Waals surface area contributed by atoms with Crippen molar-refractivity contribution in [1.29, 1.82) is 0 Å². The number of aryl methyl sites for hydroxylation is 2. The number of ether oxygens (including phenoxy) is 3. The molecule has 4 heterocycles. The van der Waals surface area contributed by atoms with Gasteiger partial charge in [0.25, 0.3) is 0 Å². The summed E-state index contributed by atoms with van der Waals surface area (Å²) >= 11 is 0. The van der Waals surface area contributed by atoms with E-state index in [4.69, 9.17) is 14.2 Å². The second-order valence-corrected chi connectivity index (χ2v) is 11.5. The molecular formula is C29H35N7O7. The molecule has 1 aliphatic heterocycles. The lowest BCUT2D eigenvalue weighted by atomic mass is 10.1. The van der Waals surface area contributed by atoms with E-state index >= 15 is 0 Å². The minimum Gasteiger partial charge on any atom is -0.483 e. The van der Waals surface area contributed by atoms with Crippen LogP contribution in [0.4, 0.5) is 22.1 Å². The van der Waals surface area contributed by atoms with Gasteiger partial charge in [0.2, 0.25) is 5.82 Å². The highest BCUT2D eigenvalue weighted by Gasteiger charge is 2.29. The number of amides is 1. The summed E-state index contributed by atoms with van der Waals surface area (Å²) in [6.45, 7) is 8.32. The predicted molar refractivity (Wildman–Crippen MR) is 158 cm³/mol. The molecule has 0 N–H and O–H groups in total. The zero-order chi connectivity index (χ0) is 31.1. The number of nitro groups is 1. The Morgan fingerprint density at radius 2 is 1.84 bits per heavy atom. The van der Waals surface area contributed by atoms with Crippen LogP contribution >= 0.6 is 0 Å². The predicted octanol–water partition coefficient (Wildman–Crippen LogP) is 4.69. The van der Waals surface area contributed by atoms with Crippen molar-refractivity contribution in [3.8, 4) is 5.75 Å². The number of imidazole rings is 2. The van der Waals surface area contributed by atoms with Crippen LogP contribution in [0.1, 0.15) is 51.0 Å². The molecule has 1 fully saturated rings. The fourth-order valence-electron chi connectivity index (χ4n) is 5.15. The van der Waals surface area contributed by atoms with Crippen molar-refractivity contribution in [2.75, 3.05) is 18.1 Å². The highest BCUT2D eigenvalue weighted by Crippen LogP contribution is 2.34. The molecule has 14 nitrogen and oxygen atoms in total. The Labute approximate surface area is 247 Å². The molecule has 1 aromatic carbocycles. The quantitative estimate of drug-likeness (QED) is 0.220. The van der Waals surface area contributed by atoms with Gasteiger partial charge in [-0.3, -0.25) is 9.13 Å². The number of aromatic nitrogens is 5. The Morgan fingerprint density at radius 3 is 2.47 bits per heavy atom. The molecule has 228 valence electrons. The number of rotatable bonds is 7. The van der Waals surface area contributed by atoms with Crippen LogP contribution < -0.4 is 15.3 Å². The Balaban J connectivity index is 1.52. The number of pyridine rings is 1. The first-order valence-corrected chi connectivity index (χ1v) is 13.9. The summed E-state index contributed by atoms with van der Waals surface area (Å²) in [7, 11) is 3.26. The zero-order valence-electron chi connectivity index (χ0n) is 25.1. The van der Waals surface area contributed by atoms with Crippen molar-refractivity contribution >= 4 is 34.4 Å². The first-order valence-electron chi connectivity index (χ1n) is 13.9. The molecule has 5 rings (SSSR count). The molecule has 0 spiro atoms. The third-order valence-corrected chi connectivity index (χ3v) is 7.35. The van der Waals surface area contributed by atoms with E-state index in [1.165, 1.54) is 15.7 Å². The topological polar surface area (TPSA) is 149 Å². The fraction of sp³-hybridized carbons (Fsp3) is 0.448. The van der Waals surface area contributed by atoms with E-state index in [2.05, 4.69) is 9.97 Å². The van der Waals surface area contributed by atoms with Crippen LogP contribution in [0.2, 0.25) is 0 Å².